The quantitative estimate of drug-likeness (QED) is 0.397. The maximum atomic E-state index is 11.0. The highest BCUT2D eigenvalue weighted by Gasteiger charge is 1.99. The molecule has 0 spiro atoms. The fourth-order valence-electron chi connectivity index (χ4n) is 0.932. The molecule has 4 heteroatoms. The van der Waals surface area contributed by atoms with E-state index in [1.807, 2.05) is 6.07 Å². The molecule has 0 atom stereocenters. The van der Waals surface area contributed by atoms with E-state index < -0.39 is 0 Å². The van der Waals surface area contributed by atoms with Crippen LogP contribution in [-0.4, -0.2) is 10.2 Å². The molecule has 2 rings (SSSR count). The van der Waals surface area contributed by atoms with Crippen LogP contribution >= 0.6 is 0 Å². The van der Waals surface area contributed by atoms with Crippen molar-refractivity contribution in [3.63, 3.8) is 0 Å². The largest absolute Gasteiger partial charge is 0.710 e. The van der Waals surface area contributed by atoms with Crippen LogP contribution in [0.2, 0.25) is 0 Å². The summed E-state index contributed by atoms with van der Waals surface area (Å²) in [7, 11) is 0. The summed E-state index contributed by atoms with van der Waals surface area (Å²) in [5.41, 5.74) is 1.16. The second kappa shape index (κ2) is 2.16. The third-order valence-electron chi connectivity index (χ3n) is 1.44. The highest BCUT2D eigenvalue weighted by atomic mass is 16.5. The lowest BCUT2D eigenvalue weighted by Crippen LogP contribution is -2.27. The summed E-state index contributed by atoms with van der Waals surface area (Å²) in [6.45, 7) is 0. The molecule has 0 aliphatic carbocycles. The van der Waals surface area contributed by atoms with Crippen LogP contribution in [0.5, 0.6) is 0 Å². The van der Waals surface area contributed by atoms with Gasteiger partial charge in [0.1, 0.15) is 0 Å². The van der Waals surface area contributed by atoms with Gasteiger partial charge in [0.15, 0.2) is 11.0 Å². The van der Waals surface area contributed by atoms with Crippen molar-refractivity contribution in [1.82, 2.24) is 10.2 Å². The van der Waals surface area contributed by atoms with E-state index in [0.29, 0.717) is 15.8 Å². The number of rotatable bonds is 0. The predicted molar refractivity (Wildman–Crippen MR) is 38.5 cm³/mol. The topological polar surface area (TPSA) is 52.7 Å². The van der Waals surface area contributed by atoms with Gasteiger partial charge in [-0.15, -0.1) is 0 Å². The van der Waals surface area contributed by atoms with Crippen LogP contribution in [0.1, 0.15) is 0 Å². The lowest BCUT2D eigenvalue weighted by atomic mass is 10.3. The molecule has 0 N–H and O–H groups in total. The zero-order chi connectivity index (χ0) is 7.68. The Morgan fingerprint density at radius 3 is 2.91 bits per heavy atom. The maximum Gasteiger partial charge on any atom is 0.318 e. The van der Waals surface area contributed by atoms with Gasteiger partial charge >= 0.3 is 6.33 Å². The van der Waals surface area contributed by atoms with Crippen molar-refractivity contribution in [2.45, 2.75) is 0 Å². The molecule has 2 aromatic rings. The van der Waals surface area contributed by atoms with Crippen molar-refractivity contribution in [1.29, 1.82) is 0 Å². The van der Waals surface area contributed by atoms with Crippen LogP contribution < -0.4 is 4.73 Å². The number of nitrogens with zero attached hydrogens (tertiary/aromatic N) is 3. The molecule has 0 unspecified atom stereocenters. The third-order valence-corrected chi connectivity index (χ3v) is 1.44. The SMILES string of the molecule is [O-][n+]1cnnc2ccccc21. The first-order valence-electron chi connectivity index (χ1n) is 3.17. The van der Waals surface area contributed by atoms with Gasteiger partial charge in [0.2, 0.25) is 0 Å². The number of fused-ring (bicyclic) bond motifs is 1. The van der Waals surface area contributed by atoms with E-state index in [9.17, 15) is 5.21 Å². The fraction of sp³-hybridized carbons (Fsp3) is 0. The number of benzene rings is 1. The van der Waals surface area contributed by atoms with Gasteiger partial charge < -0.3 is 5.21 Å². The van der Waals surface area contributed by atoms with E-state index in [-0.39, 0.29) is 0 Å². The van der Waals surface area contributed by atoms with Gasteiger partial charge in [0.25, 0.3) is 0 Å². The average Bonchev–Trinajstić information content (AvgIpc) is 2.06. The smallest absolute Gasteiger partial charge is 0.318 e. The van der Waals surface area contributed by atoms with E-state index in [2.05, 4.69) is 10.2 Å². The van der Waals surface area contributed by atoms with Crippen LogP contribution in [0.4, 0.5) is 0 Å². The van der Waals surface area contributed by atoms with Gasteiger partial charge in [-0.3, -0.25) is 0 Å². The first kappa shape index (κ1) is 6.03. The molecular weight excluding hydrogens is 142 g/mol. The third kappa shape index (κ3) is 0.881. The predicted octanol–water partition coefficient (Wildman–Crippen LogP) is 0.263. The first-order chi connectivity index (χ1) is 5.38. The van der Waals surface area contributed by atoms with Crippen LogP contribution in [0, 0.1) is 5.21 Å². The van der Waals surface area contributed by atoms with E-state index in [1.165, 1.54) is 0 Å². The number of hydrogen-bond donors (Lipinski definition) is 0. The molecule has 0 fully saturated rings. The van der Waals surface area contributed by atoms with E-state index in [1.54, 1.807) is 18.2 Å². The minimum absolute atomic E-state index is 0.544. The van der Waals surface area contributed by atoms with Gasteiger partial charge in [-0.2, -0.15) is 0 Å². The Kier molecular flexibility index (Phi) is 1.18. The molecule has 0 aliphatic rings. The van der Waals surface area contributed by atoms with E-state index in [4.69, 9.17) is 0 Å². The van der Waals surface area contributed by atoms with E-state index >= 15 is 0 Å². The van der Waals surface area contributed by atoms with Crippen LogP contribution in [-0.2, 0) is 0 Å². The van der Waals surface area contributed by atoms with Crippen molar-refractivity contribution in [3.05, 3.63) is 35.8 Å². The summed E-state index contributed by atoms with van der Waals surface area (Å²) < 4.78 is 0.697. The Balaban J connectivity index is 2.91. The van der Waals surface area contributed by atoms with Gasteiger partial charge in [-0.1, -0.05) is 12.1 Å². The molecule has 54 valence electrons. The van der Waals surface area contributed by atoms with Crippen molar-refractivity contribution in [2.24, 2.45) is 0 Å². The molecule has 0 aliphatic heterocycles. The second-order valence-corrected chi connectivity index (χ2v) is 2.15. The minimum Gasteiger partial charge on any atom is -0.710 e. The van der Waals surface area contributed by atoms with Gasteiger partial charge in [0, 0.05) is 0 Å². The van der Waals surface area contributed by atoms with Crippen LogP contribution in [0.25, 0.3) is 11.0 Å². The summed E-state index contributed by atoms with van der Waals surface area (Å²) in [4.78, 5) is 0. The highest BCUT2D eigenvalue weighted by Crippen LogP contribution is 2.01. The zero-order valence-electron chi connectivity index (χ0n) is 5.64. The van der Waals surface area contributed by atoms with Gasteiger partial charge in [0.05, 0.1) is 5.10 Å². The van der Waals surface area contributed by atoms with Crippen molar-refractivity contribution >= 4 is 11.0 Å². The monoisotopic (exact) mass is 147 g/mol. The highest BCUT2D eigenvalue weighted by molar-refractivity contribution is 5.69. The molecule has 0 saturated carbocycles. The Labute approximate surface area is 62.7 Å². The first-order valence-corrected chi connectivity index (χ1v) is 3.17. The standard InChI is InChI=1S/C7H5N3O/c11-10-5-8-9-6-3-1-2-4-7(6)10/h1-5H. The van der Waals surface area contributed by atoms with Gasteiger partial charge in [-0.05, 0) is 17.2 Å². The van der Waals surface area contributed by atoms with Gasteiger partial charge in [-0.25, -0.2) is 4.73 Å². The van der Waals surface area contributed by atoms with Crippen molar-refractivity contribution in [3.8, 4) is 0 Å². The number of aromatic nitrogens is 3. The molecule has 11 heavy (non-hydrogen) atoms. The summed E-state index contributed by atoms with van der Waals surface area (Å²) in [5, 5.41) is 18.3. The maximum absolute atomic E-state index is 11.0. The van der Waals surface area contributed by atoms with E-state index in [0.717, 1.165) is 6.33 Å². The normalized spacial score (nSPS) is 10.2. The minimum atomic E-state index is 0.544. The molecule has 1 aromatic carbocycles. The lowest BCUT2D eigenvalue weighted by Gasteiger charge is -2.00. The Morgan fingerprint density at radius 1 is 1.27 bits per heavy atom. The molecular formula is C7H5N3O. The summed E-state index contributed by atoms with van der Waals surface area (Å²) >= 11 is 0. The van der Waals surface area contributed by atoms with Crippen molar-refractivity contribution < 1.29 is 4.73 Å². The number of para-hydroxylation sites is 1. The molecule has 0 bridgehead atoms. The molecule has 1 heterocycles. The Hall–Kier alpha value is -1.71. The summed E-state index contributed by atoms with van der Waals surface area (Å²) in [6.07, 6.45) is 1.14. The fourth-order valence-corrected chi connectivity index (χ4v) is 0.932. The van der Waals surface area contributed by atoms with Crippen LogP contribution in [0.3, 0.4) is 0 Å². The Morgan fingerprint density at radius 2 is 2.09 bits per heavy atom. The number of hydrogen-bond acceptors (Lipinski definition) is 3. The lowest BCUT2D eigenvalue weighted by molar-refractivity contribution is -0.581. The summed E-state index contributed by atoms with van der Waals surface area (Å²) in [5.74, 6) is 0. The molecule has 1 aromatic heterocycles. The zero-order valence-corrected chi connectivity index (χ0v) is 5.64. The van der Waals surface area contributed by atoms with Crippen molar-refractivity contribution in [2.75, 3.05) is 0 Å². The Bertz CT molecular complexity index is 383. The second-order valence-electron chi connectivity index (χ2n) is 2.15. The van der Waals surface area contributed by atoms with Crippen LogP contribution in [0.15, 0.2) is 30.6 Å². The molecule has 0 radical (unpaired) electrons. The average molecular weight is 147 g/mol. The summed E-state index contributed by atoms with van der Waals surface area (Å²) in [6, 6.07) is 7.06. The molecule has 0 amide bonds. The molecule has 4 nitrogen and oxygen atoms in total. The molecule has 0 saturated heterocycles.